The van der Waals surface area contributed by atoms with E-state index >= 15 is 0 Å². The van der Waals surface area contributed by atoms with Gasteiger partial charge in [0.05, 0.1) is 5.75 Å². The molecule has 0 radical (unpaired) electrons. The lowest BCUT2D eigenvalue weighted by atomic mass is 10.1. The number of likely N-dealkylation sites (N-methyl/N-ethyl adjacent to an activating group) is 1. The minimum atomic E-state index is -2.94. The topological polar surface area (TPSA) is 87.8 Å². The smallest absolute Gasteiger partial charge is 0.188 e. The van der Waals surface area contributed by atoms with Gasteiger partial charge in [-0.3, -0.25) is 9.89 Å². The SMILES string of the molecule is CCN1CCCC1CNC(N)=NCC1(CS(C)(=O)=O)CC1.I. The lowest BCUT2D eigenvalue weighted by Gasteiger charge is -2.23. The standard InChI is InChI=1S/C14H28N4O2S.HI/c1-3-18-8-4-5-12(18)9-16-13(15)17-10-14(6-7-14)11-21(2,19)20;/h12H,3-11H2,1-2H3,(H3,15,16,17);1H. The predicted molar refractivity (Wildman–Crippen MR) is 102 cm³/mol. The number of nitrogens with zero attached hydrogens (tertiary/aromatic N) is 2. The Hall–Kier alpha value is -0.0900. The largest absolute Gasteiger partial charge is 0.370 e. The van der Waals surface area contributed by atoms with Crippen LogP contribution in [0.2, 0.25) is 0 Å². The highest BCUT2D eigenvalue weighted by Crippen LogP contribution is 2.46. The summed E-state index contributed by atoms with van der Waals surface area (Å²) in [5.74, 6) is 0.668. The van der Waals surface area contributed by atoms with Crippen LogP contribution in [0.5, 0.6) is 0 Å². The molecular formula is C14H29IN4O2S. The van der Waals surface area contributed by atoms with Gasteiger partial charge in [0.25, 0.3) is 0 Å². The highest BCUT2D eigenvalue weighted by Gasteiger charge is 2.45. The van der Waals surface area contributed by atoms with E-state index < -0.39 is 9.84 Å². The summed E-state index contributed by atoms with van der Waals surface area (Å²) in [5, 5.41) is 3.19. The van der Waals surface area contributed by atoms with Gasteiger partial charge in [0.2, 0.25) is 0 Å². The highest BCUT2D eigenvalue weighted by molar-refractivity contribution is 14.0. The van der Waals surface area contributed by atoms with Crippen LogP contribution in [0.1, 0.15) is 32.6 Å². The molecule has 22 heavy (non-hydrogen) atoms. The number of halogens is 1. The quantitative estimate of drug-likeness (QED) is 0.345. The molecule has 0 aromatic carbocycles. The molecule has 2 fully saturated rings. The van der Waals surface area contributed by atoms with E-state index in [2.05, 4.69) is 22.1 Å². The summed E-state index contributed by atoms with van der Waals surface area (Å²) in [6.45, 7) is 5.75. The Labute approximate surface area is 151 Å². The third-order valence-electron chi connectivity index (χ3n) is 4.53. The molecule has 6 nitrogen and oxygen atoms in total. The van der Waals surface area contributed by atoms with Crippen molar-refractivity contribution in [3.8, 4) is 0 Å². The van der Waals surface area contributed by atoms with Crippen molar-refractivity contribution in [2.45, 2.75) is 38.6 Å². The Morgan fingerprint density at radius 2 is 2.14 bits per heavy atom. The molecule has 0 spiro atoms. The third-order valence-corrected chi connectivity index (χ3v) is 5.67. The van der Waals surface area contributed by atoms with Crippen LogP contribution >= 0.6 is 24.0 Å². The van der Waals surface area contributed by atoms with Gasteiger partial charge in [-0.15, -0.1) is 24.0 Å². The Bertz CT molecular complexity index is 491. The fourth-order valence-electron chi connectivity index (χ4n) is 3.15. The fraction of sp³-hybridized carbons (Fsp3) is 0.929. The molecule has 1 aliphatic carbocycles. The molecule has 1 saturated heterocycles. The maximum absolute atomic E-state index is 11.4. The molecule has 1 unspecified atom stereocenters. The molecule has 8 heteroatoms. The molecule has 3 N–H and O–H groups in total. The average molecular weight is 444 g/mol. The Morgan fingerprint density at radius 3 is 2.68 bits per heavy atom. The molecule has 2 rings (SSSR count). The van der Waals surface area contributed by atoms with Crippen molar-refractivity contribution >= 4 is 39.8 Å². The van der Waals surface area contributed by atoms with Gasteiger partial charge in [0, 0.05) is 30.8 Å². The summed E-state index contributed by atoms with van der Waals surface area (Å²) in [6.07, 6.45) is 5.60. The number of nitrogens with one attached hydrogen (secondary N) is 1. The second-order valence-corrected chi connectivity index (χ2v) is 8.72. The minimum absolute atomic E-state index is 0. The summed E-state index contributed by atoms with van der Waals surface area (Å²) in [4.78, 5) is 6.81. The van der Waals surface area contributed by atoms with Crippen LogP contribution in [0, 0.1) is 5.41 Å². The van der Waals surface area contributed by atoms with Gasteiger partial charge in [-0.25, -0.2) is 8.42 Å². The van der Waals surface area contributed by atoms with Crippen LogP contribution in [0.3, 0.4) is 0 Å². The van der Waals surface area contributed by atoms with E-state index in [9.17, 15) is 8.42 Å². The van der Waals surface area contributed by atoms with Crippen LogP contribution in [0.15, 0.2) is 4.99 Å². The summed E-state index contributed by atoms with van der Waals surface area (Å²) >= 11 is 0. The van der Waals surface area contributed by atoms with Gasteiger partial charge in [-0.2, -0.15) is 0 Å². The zero-order valence-corrected chi connectivity index (χ0v) is 16.7. The van der Waals surface area contributed by atoms with Crippen molar-refractivity contribution in [1.29, 1.82) is 0 Å². The van der Waals surface area contributed by atoms with Crippen LogP contribution in [0.25, 0.3) is 0 Å². The first kappa shape index (κ1) is 20.0. The molecule has 130 valence electrons. The number of nitrogens with two attached hydrogens (primary N) is 1. The van der Waals surface area contributed by atoms with Crippen LogP contribution < -0.4 is 11.1 Å². The van der Waals surface area contributed by atoms with Gasteiger partial charge < -0.3 is 11.1 Å². The molecule has 0 aromatic rings. The third kappa shape index (κ3) is 6.19. The summed E-state index contributed by atoms with van der Waals surface area (Å²) < 4.78 is 22.8. The van der Waals surface area contributed by atoms with Crippen molar-refractivity contribution in [2.24, 2.45) is 16.1 Å². The lowest BCUT2D eigenvalue weighted by Crippen LogP contribution is -2.43. The minimum Gasteiger partial charge on any atom is -0.370 e. The number of hydrogen-bond donors (Lipinski definition) is 2. The van der Waals surface area contributed by atoms with Gasteiger partial charge >= 0.3 is 0 Å². The number of likely N-dealkylation sites (tertiary alicyclic amines) is 1. The van der Waals surface area contributed by atoms with E-state index in [-0.39, 0.29) is 35.1 Å². The number of rotatable bonds is 7. The Morgan fingerprint density at radius 1 is 1.45 bits per heavy atom. The van der Waals surface area contributed by atoms with Gasteiger partial charge in [-0.1, -0.05) is 6.92 Å². The van der Waals surface area contributed by atoms with E-state index in [1.54, 1.807) is 0 Å². The molecule has 0 bridgehead atoms. The molecule has 1 atom stereocenters. The molecule has 1 aliphatic heterocycles. The van der Waals surface area contributed by atoms with Crippen molar-refractivity contribution in [3.63, 3.8) is 0 Å². The summed E-state index contributed by atoms with van der Waals surface area (Å²) in [5.41, 5.74) is 5.76. The van der Waals surface area contributed by atoms with Crippen molar-refractivity contribution in [2.75, 3.05) is 38.2 Å². The van der Waals surface area contributed by atoms with Crippen LogP contribution in [-0.2, 0) is 9.84 Å². The monoisotopic (exact) mass is 444 g/mol. The molecule has 2 aliphatic rings. The lowest BCUT2D eigenvalue weighted by molar-refractivity contribution is 0.267. The van der Waals surface area contributed by atoms with E-state index in [1.807, 2.05) is 0 Å². The predicted octanol–water partition coefficient (Wildman–Crippen LogP) is 0.818. The van der Waals surface area contributed by atoms with E-state index in [4.69, 9.17) is 5.73 Å². The number of sulfone groups is 1. The molecule has 0 aromatic heterocycles. The van der Waals surface area contributed by atoms with E-state index in [0.717, 1.165) is 32.5 Å². The first-order valence-corrected chi connectivity index (χ1v) is 9.85. The number of aliphatic imine (C=N–C) groups is 1. The van der Waals surface area contributed by atoms with Crippen molar-refractivity contribution < 1.29 is 8.42 Å². The van der Waals surface area contributed by atoms with Crippen LogP contribution in [0.4, 0.5) is 0 Å². The summed E-state index contributed by atoms with van der Waals surface area (Å²) in [7, 11) is -2.94. The van der Waals surface area contributed by atoms with Gasteiger partial charge in [-0.05, 0) is 38.8 Å². The second-order valence-electron chi connectivity index (χ2n) is 6.58. The second kappa shape index (κ2) is 8.14. The molecular weight excluding hydrogens is 415 g/mol. The fourth-order valence-corrected chi connectivity index (χ4v) is 4.65. The number of guanidine groups is 1. The average Bonchev–Trinajstić information content (AvgIpc) is 2.99. The van der Waals surface area contributed by atoms with Crippen LogP contribution in [-0.4, -0.2) is 63.5 Å². The Balaban J connectivity index is 0.00000242. The maximum atomic E-state index is 11.4. The molecule has 0 amide bonds. The normalized spacial score (nSPS) is 24.8. The summed E-state index contributed by atoms with van der Waals surface area (Å²) in [6, 6.07) is 0.537. The first-order valence-electron chi connectivity index (χ1n) is 7.79. The molecule has 1 heterocycles. The molecule has 1 saturated carbocycles. The van der Waals surface area contributed by atoms with Crippen molar-refractivity contribution in [3.05, 3.63) is 0 Å². The Kier molecular flexibility index (Phi) is 7.38. The van der Waals surface area contributed by atoms with Gasteiger partial charge in [0.15, 0.2) is 5.96 Å². The highest BCUT2D eigenvalue weighted by atomic mass is 127. The number of hydrogen-bond acceptors (Lipinski definition) is 4. The zero-order chi connectivity index (χ0) is 15.5. The van der Waals surface area contributed by atoms with Crippen molar-refractivity contribution in [1.82, 2.24) is 10.2 Å². The van der Waals surface area contributed by atoms with E-state index in [1.165, 1.54) is 19.1 Å². The first-order chi connectivity index (χ1) is 9.84. The van der Waals surface area contributed by atoms with Gasteiger partial charge in [0.1, 0.15) is 9.84 Å². The zero-order valence-electron chi connectivity index (χ0n) is 13.5. The maximum Gasteiger partial charge on any atom is 0.188 e. The van der Waals surface area contributed by atoms with E-state index in [0.29, 0.717) is 18.5 Å².